The van der Waals surface area contributed by atoms with Gasteiger partial charge < -0.3 is 5.32 Å². The predicted molar refractivity (Wildman–Crippen MR) is 82.8 cm³/mol. The number of nitrogens with zero attached hydrogens (tertiary/aromatic N) is 3. The lowest BCUT2D eigenvalue weighted by Crippen LogP contribution is -2.42. The zero-order valence-corrected chi connectivity index (χ0v) is 14.2. The first-order valence-electron chi connectivity index (χ1n) is 7.60. The number of hydrogen-bond acceptors (Lipinski definition) is 4. The van der Waals surface area contributed by atoms with Crippen molar-refractivity contribution in [1.29, 1.82) is 0 Å². The summed E-state index contributed by atoms with van der Waals surface area (Å²) >= 11 is 0. The molecule has 1 aliphatic heterocycles. The number of aryl methyl sites for hydroxylation is 1. The molecule has 2 heterocycles. The molecule has 0 aliphatic carbocycles. The van der Waals surface area contributed by atoms with E-state index in [0.717, 1.165) is 31.5 Å². The standard InChI is InChI=1S/C14H26N4O2S/c1-11-7-5-6-9-18(11)21(19,20)14-12(2)16-17(13(14)3)10-8-15-4/h11,15H,5-10H2,1-4H3. The summed E-state index contributed by atoms with van der Waals surface area (Å²) in [7, 11) is -1.57. The summed E-state index contributed by atoms with van der Waals surface area (Å²) in [5.74, 6) is 0. The number of rotatable bonds is 5. The average molecular weight is 314 g/mol. The van der Waals surface area contributed by atoms with Gasteiger partial charge in [0, 0.05) is 19.1 Å². The SMILES string of the molecule is CNCCn1nc(C)c(S(=O)(=O)N2CCCCC2C)c1C. The Bertz CT molecular complexity index is 594. The van der Waals surface area contributed by atoms with Gasteiger partial charge in [-0.1, -0.05) is 6.42 Å². The molecular formula is C14H26N4O2S. The second-order valence-electron chi connectivity index (χ2n) is 5.79. The van der Waals surface area contributed by atoms with E-state index in [2.05, 4.69) is 10.4 Å². The minimum Gasteiger partial charge on any atom is -0.318 e. The van der Waals surface area contributed by atoms with Gasteiger partial charge in [-0.15, -0.1) is 0 Å². The van der Waals surface area contributed by atoms with Gasteiger partial charge in [0.25, 0.3) is 0 Å². The molecule has 0 aromatic carbocycles. The second-order valence-corrected chi connectivity index (χ2v) is 7.61. The van der Waals surface area contributed by atoms with Crippen LogP contribution in [-0.4, -0.2) is 48.7 Å². The van der Waals surface area contributed by atoms with Crippen LogP contribution in [0.25, 0.3) is 0 Å². The van der Waals surface area contributed by atoms with E-state index in [9.17, 15) is 8.42 Å². The molecule has 0 saturated carbocycles. The van der Waals surface area contributed by atoms with Crippen molar-refractivity contribution >= 4 is 10.0 Å². The maximum atomic E-state index is 13.0. The van der Waals surface area contributed by atoms with Crippen molar-refractivity contribution in [2.75, 3.05) is 20.1 Å². The summed E-state index contributed by atoms with van der Waals surface area (Å²) in [5.41, 5.74) is 1.34. The summed E-state index contributed by atoms with van der Waals surface area (Å²) in [5, 5.41) is 7.47. The van der Waals surface area contributed by atoms with Gasteiger partial charge in [-0.25, -0.2) is 8.42 Å². The quantitative estimate of drug-likeness (QED) is 0.889. The van der Waals surface area contributed by atoms with Crippen molar-refractivity contribution < 1.29 is 8.42 Å². The van der Waals surface area contributed by atoms with E-state index in [0.29, 0.717) is 23.7 Å². The van der Waals surface area contributed by atoms with Crippen LogP contribution in [0, 0.1) is 13.8 Å². The molecule has 6 nitrogen and oxygen atoms in total. The van der Waals surface area contributed by atoms with E-state index < -0.39 is 10.0 Å². The van der Waals surface area contributed by atoms with Crippen LogP contribution in [0.3, 0.4) is 0 Å². The van der Waals surface area contributed by atoms with E-state index in [1.54, 1.807) is 15.9 Å². The predicted octanol–water partition coefficient (Wildman–Crippen LogP) is 1.28. The van der Waals surface area contributed by atoms with Crippen molar-refractivity contribution in [1.82, 2.24) is 19.4 Å². The lowest BCUT2D eigenvalue weighted by Gasteiger charge is -2.32. The third-order valence-electron chi connectivity index (χ3n) is 4.20. The Morgan fingerprint density at radius 1 is 1.33 bits per heavy atom. The van der Waals surface area contributed by atoms with Crippen molar-refractivity contribution in [3.63, 3.8) is 0 Å². The third-order valence-corrected chi connectivity index (χ3v) is 6.46. The minimum atomic E-state index is -3.45. The van der Waals surface area contributed by atoms with Crippen LogP contribution in [0.4, 0.5) is 0 Å². The summed E-state index contributed by atoms with van der Waals surface area (Å²) in [6, 6.07) is 0.0724. The minimum absolute atomic E-state index is 0.0724. The average Bonchev–Trinajstić information content (AvgIpc) is 2.71. The van der Waals surface area contributed by atoms with Crippen molar-refractivity contribution in [2.24, 2.45) is 0 Å². The van der Waals surface area contributed by atoms with Crippen LogP contribution in [0.15, 0.2) is 4.90 Å². The number of sulfonamides is 1. The van der Waals surface area contributed by atoms with Gasteiger partial charge in [-0.2, -0.15) is 9.40 Å². The van der Waals surface area contributed by atoms with Gasteiger partial charge in [-0.05, 0) is 40.7 Å². The van der Waals surface area contributed by atoms with Gasteiger partial charge in [0.05, 0.1) is 17.9 Å². The monoisotopic (exact) mass is 314 g/mol. The highest BCUT2D eigenvalue weighted by molar-refractivity contribution is 7.89. The Morgan fingerprint density at radius 2 is 2.05 bits per heavy atom. The molecule has 1 atom stereocenters. The van der Waals surface area contributed by atoms with Crippen LogP contribution in [0.1, 0.15) is 37.6 Å². The zero-order valence-electron chi connectivity index (χ0n) is 13.4. The first kappa shape index (κ1) is 16.5. The normalized spacial score (nSPS) is 20.9. The van der Waals surface area contributed by atoms with Crippen LogP contribution >= 0.6 is 0 Å². The van der Waals surface area contributed by atoms with E-state index in [1.165, 1.54) is 0 Å². The van der Waals surface area contributed by atoms with Crippen LogP contribution < -0.4 is 5.32 Å². The highest BCUT2D eigenvalue weighted by Gasteiger charge is 2.35. The molecule has 0 bridgehead atoms. The van der Waals surface area contributed by atoms with Crippen molar-refractivity contribution in [3.05, 3.63) is 11.4 Å². The summed E-state index contributed by atoms with van der Waals surface area (Å²) < 4.78 is 29.4. The molecule has 1 aromatic heterocycles. The maximum Gasteiger partial charge on any atom is 0.246 e. The number of hydrogen-bond donors (Lipinski definition) is 1. The van der Waals surface area contributed by atoms with Crippen LogP contribution in [0.5, 0.6) is 0 Å². The van der Waals surface area contributed by atoms with Gasteiger partial charge >= 0.3 is 0 Å². The molecule has 1 aromatic rings. The first-order valence-corrected chi connectivity index (χ1v) is 9.04. The van der Waals surface area contributed by atoms with Gasteiger partial charge in [-0.3, -0.25) is 4.68 Å². The van der Waals surface area contributed by atoms with Gasteiger partial charge in [0.2, 0.25) is 10.0 Å². The number of aromatic nitrogens is 2. The topological polar surface area (TPSA) is 67.2 Å². The largest absolute Gasteiger partial charge is 0.318 e. The Balaban J connectivity index is 2.38. The molecule has 0 radical (unpaired) electrons. The van der Waals surface area contributed by atoms with Crippen LogP contribution in [0.2, 0.25) is 0 Å². The molecule has 1 fully saturated rings. The smallest absolute Gasteiger partial charge is 0.246 e. The number of nitrogens with one attached hydrogen (secondary N) is 1. The first-order chi connectivity index (χ1) is 9.89. The van der Waals surface area contributed by atoms with Crippen molar-refractivity contribution in [3.8, 4) is 0 Å². The molecule has 120 valence electrons. The molecule has 0 amide bonds. The lowest BCUT2D eigenvalue weighted by molar-refractivity contribution is 0.268. The van der Waals surface area contributed by atoms with Crippen LogP contribution in [-0.2, 0) is 16.6 Å². The molecular weight excluding hydrogens is 288 g/mol. The molecule has 1 aliphatic rings. The fourth-order valence-electron chi connectivity index (χ4n) is 3.04. The summed E-state index contributed by atoms with van der Waals surface area (Å²) in [6.45, 7) is 7.67. The molecule has 21 heavy (non-hydrogen) atoms. The highest BCUT2D eigenvalue weighted by Crippen LogP contribution is 2.28. The lowest BCUT2D eigenvalue weighted by atomic mass is 10.1. The maximum absolute atomic E-state index is 13.0. The van der Waals surface area contributed by atoms with Crippen molar-refractivity contribution in [2.45, 2.75) is 57.5 Å². The van der Waals surface area contributed by atoms with Gasteiger partial charge in [0.15, 0.2) is 0 Å². The van der Waals surface area contributed by atoms with E-state index >= 15 is 0 Å². The van der Waals surface area contributed by atoms with E-state index in [-0.39, 0.29) is 6.04 Å². The molecule has 0 spiro atoms. The molecule has 1 N–H and O–H groups in total. The molecule has 1 saturated heterocycles. The summed E-state index contributed by atoms with van der Waals surface area (Å²) in [4.78, 5) is 0.396. The Labute approximate surface area is 127 Å². The van der Waals surface area contributed by atoms with Gasteiger partial charge in [0.1, 0.15) is 4.90 Å². The van der Waals surface area contributed by atoms with E-state index in [1.807, 2.05) is 20.9 Å². The molecule has 1 unspecified atom stereocenters. The third kappa shape index (κ3) is 3.14. The summed E-state index contributed by atoms with van der Waals surface area (Å²) in [6.07, 6.45) is 2.98. The zero-order chi connectivity index (χ0) is 15.6. The fraction of sp³-hybridized carbons (Fsp3) is 0.786. The Morgan fingerprint density at radius 3 is 2.67 bits per heavy atom. The number of piperidine rings is 1. The fourth-order valence-corrected chi connectivity index (χ4v) is 5.11. The Hall–Kier alpha value is -0.920. The Kier molecular flexibility index (Phi) is 5.06. The molecule has 7 heteroatoms. The highest BCUT2D eigenvalue weighted by atomic mass is 32.2. The number of likely N-dealkylation sites (N-methyl/N-ethyl adjacent to an activating group) is 1. The second kappa shape index (κ2) is 6.46. The van der Waals surface area contributed by atoms with E-state index in [4.69, 9.17) is 0 Å². The molecule has 2 rings (SSSR count).